The maximum atomic E-state index is 15.0. The molecule has 4 aliphatic rings. The number of aromatic nitrogens is 7. The van der Waals surface area contributed by atoms with Crippen molar-refractivity contribution in [3.05, 3.63) is 195 Å². The first-order valence-electron chi connectivity index (χ1n) is 37.9. The lowest BCUT2D eigenvalue weighted by atomic mass is 9.75. The highest BCUT2D eigenvalue weighted by atomic mass is 32.2. The van der Waals surface area contributed by atoms with Crippen LogP contribution < -0.4 is 53.8 Å². The highest BCUT2D eigenvalue weighted by Crippen LogP contribution is 2.55. The predicted octanol–water partition coefficient (Wildman–Crippen LogP) is 14.0. The third kappa shape index (κ3) is 17.5. The van der Waals surface area contributed by atoms with Crippen LogP contribution in [0.25, 0.3) is 49.1 Å². The number of benzene rings is 9. The Morgan fingerprint density at radius 3 is 1.64 bits per heavy atom. The molecular formula is C79H72N16O24S6. The normalized spacial score (nSPS) is 16.7. The average Bonchev–Trinajstić information content (AvgIpc) is 0.711. The van der Waals surface area contributed by atoms with Gasteiger partial charge < -0.3 is 68.2 Å². The van der Waals surface area contributed by atoms with E-state index in [9.17, 15) is 79.1 Å². The molecule has 46 heteroatoms. The van der Waals surface area contributed by atoms with Gasteiger partial charge in [0.15, 0.2) is 17.4 Å². The number of hydrogen-bond acceptors (Lipinski definition) is 39. The summed E-state index contributed by atoms with van der Waals surface area (Å²) in [6, 6.07) is 33.9. The first kappa shape index (κ1) is 86.5. The van der Waals surface area contributed by atoms with Crippen molar-refractivity contribution >= 4 is 192 Å². The number of phenolic OH excluding ortho intramolecular Hbond substituents is 1. The van der Waals surface area contributed by atoms with Gasteiger partial charge in [-0.2, -0.15) is 55.2 Å². The first-order chi connectivity index (χ1) is 59.8. The Morgan fingerprint density at radius 2 is 1.05 bits per heavy atom. The third-order valence-corrected chi connectivity index (χ3v) is 26.7. The summed E-state index contributed by atoms with van der Waals surface area (Å²) in [6.45, 7) is 0. The van der Waals surface area contributed by atoms with Gasteiger partial charge in [0.05, 0.1) is 118 Å². The van der Waals surface area contributed by atoms with Gasteiger partial charge in [0, 0.05) is 69.5 Å². The van der Waals surface area contributed by atoms with Gasteiger partial charge in [0.1, 0.15) is 21.6 Å². The van der Waals surface area contributed by atoms with Crippen molar-refractivity contribution in [3.63, 3.8) is 0 Å². The summed E-state index contributed by atoms with van der Waals surface area (Å²) in [5.74, 6) is -2.11. The highest BCUT2D eigenvalue weighted by molar-refractivity contribution is 7.95. The van der Waals surface area contributed by atoms with Crippen LogP contribution in [0.15, 0.2) is 186 Å². The van der Waals surface area contributed by atoms with Crippen LogP contribution in [0.3, 0.4) is 0 Å². The van der Waals surface area contributed by atoms with Crippen molar-refractivity contribution < 1.29 is 108 Å². The number of aromatic hydroxyl groups is 1. The summed E-state index contributed by atoms with van der Waals surface area (Å²) in [6.07, 6.45) is 5.41. The topological polar surface area (TPSA) is 601 Å². The standard InChI is InChI=1S/C79H72N16O24S6/c1-94-54-27-25-48(62-64(54)60(44-13-3-5-15-46(44)70(62)98)66(72(94)100)68(96)38-9-7-11-42(30-38)120-117-114-102)84-50-32-53(59(125(111,112)113)34-56(50)121-118-115-103)87-79-91-75(81)89-77(93-79)83-41-23-19-37(20-24-41)29-36-17-21-40(22-18-36)82-76-88-74(80)90-78(92-76)86-51-33-52(58(124(108,109)110)35-57(51)122-119-116-104)85-49-26-28-55-65-61(45-14-4-6-16-47(45)71(99)63(49)65)67(73(101)95(55)2)69(97)39-10-8-12-43(31-39)123(105,106)107/h3-16,25-28,30-37,40-41,69,84-85,97,99,101-104H,17-24,29H2,1-2H3,(H,105,106,107)(H,108,109,110)(H,111,112,113)(H4,80,82,86,88,90,92)(H4,81,83,87,89,91,93). The van der Waals surface area contributed by atoms with Crippen molar-refractivity contribution in [2.45, 2.75) is 105 Å². The number of nitrogens with two attached hydrogens (primary N) is 2. The van der Waals surface area contributed by atoms with E-state index in [1.54, 1.807) is 54.6 Å². The van der Waals surface area contributed by atoms with E-state index in [0.29, 0.717) is 76.8 Å². The second kappa shape index (κ2) is 35.2. The molecule has 40 nitrogen and oxygen atoms in total. The summed E-state index contributed by atoms with van der Waals surface area (Å²) in [5, 5.41) is 95.1. The Hall–Kier alpha value is -12.0. The zero-order valence-electron chi connectivity index (χ0n) is 64.9. The van der Waals surface area contributed by atoms with E-state index in [-0.39, 0.29) is 175 Å². The Labute approximate surface area is 720 Å². The number of aryl methyl sites for hydroxylation is 1. The number of carbonyl (C=O) groups is 2. The van der Waals surface area contributed by atoms with Gasteiger partial charge in [-0.05, 0) is 159 Å². The fourth-order valence-electron chi connectivity index (χ4n) is 16.6. The van der Waals surface area contributed by atoms with Gasteiger partial charge in [-0.3, -0.25) is 28.0 Å². The number of anilines is 13. The third-order valence-electron chi connectivity index (χ3n) is 22.2. The zero-order valence-corrected chi connectivity index (χ0v) is 69.8. The van der Waals surface area contributed by atoms with E-state index in [4.69, 9.17) is 25.4 Å². The van der Waals surface area contributed by atoms with Crippen LogP contribution in [0.4, 0.5) is 75.5 Å². The van der Waals surface area contributed by atoms with Crippen LogP contribution >= 0.6 is 36.1 Å². The molecule has 1 atom stereocenters. The van der Waals surface area contributed by atoms with E-state index in [1.165, 1.54) is 90.3 Å². The summed E-state index contributed by atoms with van der Waals surface area (Å²) >= 11 is 1.23. The molecule has 0 amide bonds. The van der Waals surface area contributed by atoms with Crippen molar-refractivity contribution in [2.75, 3.05) is 55.3 Å². The summed E-state index contributed by atoms with van der Waals surface area (Å²) in [4.78, 5) is 69.9. The number of carbonyl (C=O) groups excluding carboxylic acids is 2. The molecule has 9 aromatic carbocycles. The molecule has 16 rings (SSSR count). The highest BCUT2D eigenvalue weighted by Gasteiger charge is 2.39. The second-order valence-electron chi connectivity index (χ2n) is 29.6. The number of aliphatic hydroxyl groups is 2. The van der Waals surface area contributed by atoms with Crippen molar-refractivity contribution in [2.24, 2.45) is 18.9 Å². The molecule has 648 valence electrons. The molecule has 1 aliphatic heterocycles. The van der Waals surface area contributed by atoms with Gasteiger partial charge in [-0.15, -0.1) is 13.0 Å². The molecular weight excluding hydrogens is 1750 g/mol. The number of pyridine rings is 1. The summed E-state index contributed by atoms with van der Waals surface area (Å²) in [5.41, 5.74) is 12.2. The maximum absolute atomic E-state index is 15.0. The van der Waals surface area contributed by atoms with E-state index in [2.05, 4.69) is 81.3 Å². The van der Waals surface area contributed by atoms with E-state index in [0.717, 1.165) is 69.2 Å². The first-order valence-corrected chi connectivity index (χ1v) is 44.4. The zero-order chi connectivity index (χ0) is 88.2. The lowest BCUT2D eigenvalue weighted by Gasteiger charge is -2.34. The SMILES string of the molecule is CN1C(O)=C(C(O)c2cccc(S(=O)(=O)O)c2)c2c3ccccc3c(O)c3c(Nc4cc(Nc5nc(N)nc(NC6CCC(CC7CCC(Nc8nc(N)nc(Nc9cc(Nc%10ccc%11c%12c%10C(=O)c%10ccccc%10-c%12c(C(=O)c%10cccc(SOOO)c%10)c(=O)n%11C)c(SOOO)cc9S(=O)(=O)O)n8)CC7)CC6)n5)c(SOOO)cc4S(=O)(=O)O)ccc1c23. The number of ketones is 2. The van der Waals surface area contributed by atoms with Crippen LogP contribution in [-0.4, -0.2) is 135 Å². The van der Waals surface area contributed by atoms with Crippen LogP contribution in [0, 0.1) is 11.8 Å². The molecule has 19 N–H and O–H groups in total. The smallest absolute Gasteiger partial charge is 0.296 e. The number of rotatable bonds is 30. The van der Waals surface area contributed by atoms with Gasteiger partial charge in [-0.25, -0.2) is 15.8 Å². The van der Waals surface area contributed by atoms with E-state index in [1.807, 2.05) is 0 Å². The molecule has 2 saturated carbocycles. The molecule has 1 unspecified atom stereocenters. The molecule has 4 heterocycles. The number of nitrogens with one attached hydrogen (secondary N) is 6. The van der Waals surface area contributed by atoms with Gasteiger partial charge in [0.2, 0.25) is 35.7 Å². The lowest BCUT2D eigenvalue weighted by molar-refractivity contribution is -0.432. The van der Waals surface area contributed by atoms with Gasteiger partial charge >= 0.3 is 0 Å². The molecule has 3 aliphatic carbocycles. The molecule has 12 aromatic rings. The number of nitrogen functional groups attached to an aromatic ring is 2. The number of nitrogens with zero attached hydrogens (tertiary/aromatic N) is 8. The Morgan fingerprint density at radius 1 is 0.520 bits per heavy atom. The van der Waals surface area contributed by atoms with Crippen molar-refractivity contribution in [1.29, 1.82) is 0 Å². The molecule has 125 heavy (non-hydrogen) atoms. The molecule has 0 saturated heterocycles. The lowest BCUT2D eigenvalue weighted by Crippen LogP contribution is -2.30. The Bertz CT molecular complexity index is 6870. The van der Waals surface area contributed by atoms with Crippen molar-refractivity contribution in [1.82, 2.24) is 34.5 Å². The second-order valence-corrected chi connectivity index (χ2v) is 36.0. The molecule has 0 spiro atoms. The van der Waals surface area contributed by atoms with Crippen LogP contribution in [0.5, 0.6) is 5.75 Å². The monoisotopic (exact) mass is 1820 g/mol. The minimum absolute atomic E-state index is 0.00974. The molecule has 0 bridgehead atoms. The van der Waals surface area contributed by atoms with Crippen LogP contribution in [-0.2, 0) is 65.5 Å². The van der Waals surface area contributed by atoms with Gasteiger partial charge in [0.25, 0.3) is 35.9 Å². The quantitative estimate of drug-likeness (QED) is 0.00496. The van der Waals surface area contributed by atoms with E-state index < -0.39 is 74.2 Å². The maximum Gasteiger partial charge on any atom is 0.296 e. The number of fused-ring (bicyclic) bond motifs is 4. The molecule has 3 aromatic heterocycles. The van der Waals surface area contributed by atoms with Crippen LogP contribution in [0.1, 0.15) is 107 Å². The Kier molecular flexibility index (Phi) is 24.4. The minimum atomic E-state index is -5.18. The summed E-state index contributed by atoms with van der Waals surface area (Å²) < 4.78 is 125. The van der Waals surface area contributed by atoms with Crippen molar-refractivity contribution in [3.8, 4) is 16.9 Å². The fourth-order valence-corrected chi connectivity index (χ4v) is 20.0. The van der Waals surface area contributed by atoms with Crippen LogP contribution in [0.2, 0.25) is 0 Å². The largest absolute Gasteiger partial charge is 0.507 e. The molecule has 0 radical (unpaired) electrons. The predicted molar refractivity (Wildman–Crippen MR) is 460 cm³/mol. The Balaban J connectivity index is 0.592. The number of hydrogen-bond donors (Lipinski definition) is 17. The fraction of sp³-hybridized carbons (Fsp3) is 0.203. The van der Waals surface area contributed by atoms with E-state index >= 15 is 0 Å². The average molecular weight is 1820 g/mol. The van der Waals surface area contributed by atoms with Gasteiger partial charge in [-0.1, -0.05) is 87.9 Å². The minimum Gasteiger partial charge on any atom is -0.507 e. The number of aliphatic hydroxyl groups excluding tert-OH is 2. The molecule has 2 fully saturated rings. The number of phenols is 1. The summed E-state index contributed by atoms with van der Waals surface area (Å²) in [7, 11) is -12.1.